The highest BCUT2D eigenvalue weighted by Crippen LogP contribution is 2.35. The predicted octanol–water partition coefficient (Wildman–Crippen LogP) is 4.97. The SMILES string of the molecule is CCCNC(c1cccc(CCC)c1)C1CCCCS1. The molecular formula is C18H29NS. The van der Waals surface area contributed by atoms with Gasteiger partial charge in [-0.25, -0.2) is 0 Å². The van der Waals surface area contributed by atoms with Crippen molar-refractivity contribution in [2.75, 3.05) is 12.3 Å². The molecule has 1 aromatic carbocycles. The monoisotopic (exact) mass is 291 g/mol. The van der Waals surface area contributed by atoms with E-state index < -0.39 is 0 Å². The molecule has 0 amide bonds. The highest BCUT2D eigenvalue weighted by molar-refractivity contribution is 8.00. The van der Waals surface area contributed by atoms with Crippen molar-refractivity contribution in [1.82, 2.24) is 5.32 Å². The van der Waals surface area contributed by atoms with Crippen LogP contribution in [0.15, 0.2) is 24.3 Å². The first kappa shape index (κ1) is 15.9. The van der Waals surface area contributed by atoms with Crippen LogP contribution in [0.1, 0.15) is 63.1 Å². The van der Waals surface area contributed by atoms with Crippen molar-refractivity contribution in [3.05, 3.63) is 35.4 Å². The number of rotatable bonds is 7. The van der Waals surface area contributed by atoms with Crippen LogP contribution in [0.4, 0.5) is 0 Å². The van der Waals surface area contributed by atoms with Gasteiger partial charge in [-0.15, -0.1) is 0 Å². The fourth-order valence-electron chi connectivity index (χ4n) is 3.02. The summed E-state index contributed by atoms with van der Waals surface area (Å²) in [4.78, 5) is 0. The average Bonchev–Trinajstić information content (AvgIpc) is 2.50. The van der Waals surface area contributed by atoms with Gasteiger partial charge in [0.2, 0.25) is 0 Å². The predicted molar refractivity (Wildman–Crippen MR) is 91.6 cm³/mol. The molecule has 1 aliphatic rings. The van der Waals surface area contributed by atoms with Crippen molar-refractivity contribution in [2.45, 2.75) is 63.7 Å². The Morgan fingerprint density at radius 3 is 2.85 bits per heavy atom. The van der Waals surface area contributed by atoms with Gasteiger partial charge < -0.3 is 5.32 Å². The molecule has 2 heteroatoms. The van der Waals surface area contributed by atoms with Crippen molar-refractivity contribution >= 4 is 11.8 Å². The molecule has 20 heavy (non-hydrogen) atoms. The van der Waals surface area contributed by atoms with Crippen molar-refractivity contribution in [3.8, 4) is 0 Å². The van der Waals surface area contributed by atoms with Gasteiger partial charge in [0.1, 0.15) is 0 Å². The van der Waals surface area contributed by atoms with E-state index in [-0.39, 0.29) is 0 Å². The van der Waals surface area contributed by atoms with Gasteiger partial charge in [-0.1, -0.05) is 51.0 Å². The summed E-state index contributed by atoms with van der Waals surface area (Å²) < 4.78 is 0. The standard InChI is InChI=1S/C18H29NS/c1-3-8-15-9-7-10-16(14-15)18(19-12-4-2)17-11-5-6-13-20-17/h7,9-10,14,17-19H,3-6,8,11-13H2,1-2H3. The minimum atomic E-state index is 0.539. The maximum Gasteiger partial charge on any atom is 0.0440 e. The van der Waals surface area contributed by atoms with E-state index in [0.29, 0.717) is 6.04 Å². The first-order valence-electron chi connectivity index (χ1n) is 8.29. The Balaban J connectivity index is 2.13. The summed E-state index contributed by atoms with van der Waals surface area (Å²) in [6, 6.07) is 9.82. The maximum atomic E-state index is 3.80. The molecule has 2 rings (SSSR count). The minimum Gasteiger partial charge on any atom is -0.309 e. The topological polar surface area (TPSA) is 12.0 Å². The molecule has 1 saturated heterocycles. The molecule has 0 aliphatic carbocycles. The van der Waals surface area contributed by atoms with Crippen LogP contribution in [-0.4, -0.2) is 17.5 Å². The fraction of sp³-hybridized carbons (Fsp3) is 0.667. The normalized spacial score (nSPS) is 20.8. The van der Waals surface area contributed by atoms with Crippen LogP contribution < -0.4 is 5.32 Å². The van der Waals surface area contributed by atoms with E-state index in [9.17, 15) is 0 Å². The van der Waals surface area contributed by atoms with Crippen molar-refractivity contribution < 1.29 is 0 Å². The van der Waals surface area contributed by atoms with Gasteiger partial charge in [0.25, 0.3) is 0 Å². The van der Waals surface area contributed by atoms with Crippen LogP contribution in [0.25, 0.3) is 0 Å². The molecule has 1 N–H and O–H groups in total. The van der Waals surface area contributed by atoms with Crippen LogP contribution >= 0.6 is 11.8 Å². The lowest BCUT2D eigenvalue weighted by Crippen LogP contribution is -2.32. The number of aryl methyl sites for hydroxylation is 1. The second-order valence-electron chi connectivity index (χ2n) is 5.83. The van der Waals surface area contributed by atoms with E-state index >= 15 is 0 Å². The van der Waals surface area contributed by atoms with Crippen LogP contribution in [0.2, 0.25) is 0 Å². The fourth-order valence-corrected chi connectivity index (χ4v) is 4.48. The van der Waals surface area contributed by atoms with Crippen LogP contribution in [-0.2, 0) is 6.42 Å². The van der Waals surface area contributed by atoms with Crippen LogP contribution in [0, 0.1) is 0 Å². The molecule has 112 valence electrons. The summed E-state index contributed by atoms with van der Waals surface area (Å²) in [5.74, 6) is 1.34. The highest BCUT2D eigenvalue weighted by Gasteiger charge is 2.25. The van der Waals surface area contributed by atoms with Gasteiger partial charge in [-0.3, -0.25) is 0 Å². The molecule has 0 aromatic heterocycles. The molecule has 2 atom stereocenters. The molecule has 1 nitrogen and oxygen atoms in total. The van der Waals surface area contributed by atoms with Crippen molar-refractivity contribution in [2.24, 2.45) is 0 Å². The Labute approximate surface area is 128 Å². The quantitative estimate of drug-likeness (QED) is 0.761. The number of hydrogen-bond donors (Lipinski definition) is 1. The molecule has 1 heterocycles. The Kier molecular flexibility index (Phi) is 6.95. The van der Waals surface area contributed by atoms with Crippen LogP contribution in [0.5, 0.6) is 0 Å². The molecular weight excluding hydrogens is 262 g/mol. The molecule has 2 unspecified atom stereocenters. The molecule has 0 radical (unpaired) electrons. The molecule has 0 bridgehead atoms. The maximum absolute atomic E-state index is 3.80. The first-order valence-corrected chi connectivity index (χ1v) is 9.33. The number of hydrogen-bond acceptors (Lipinski definition) is 2. The number of nitrogens with one attached hydrogen (secondary N) is 1. The van der Waals surface area contributed by atoms with Gasteiger partial charge in [0.15, 0.2) is 0 Å². The van der Waals surface area contributed by atoms with E-state index in [4.69, 9.17) is 0 Å². The summed E-state index contributed by atoms with van der Waals surface area (Å²) in [5.41, 5.74) is 3.00. The Morgan fingerprint density at radius 1 is 1.25 bits per heavy atom. The first-order chi connectivity index (χ1) is 9.85. The van der Waals surface area contributed by atoms with Gasteiger partial charge in [0.05, 0.1) is 0 Å². The van der Waals surface area contributed by atoms with Gasteiger partial charge >= 0.3 is 0 Å². The van der Waals surface area contributed by atoms with Gasteiger partial charge in [0, 0.05) is 11.3 Å². The van der Waals surface area contributed by atoms with Gasteiger partial charge in [-0.05, 0) is 49.1 Å². The lowest BCUT2D eigenvalue weighted by molar-refractivity contribution is 0.479. The van der Waals surface area contributed by atoms with E-state index in [1.165, 1.54) is 55.4 Å². The summed E-state index contributed by atoms with van der Waals surface area (Å²) >= 11 is 2.17. The third-order valence-electron chi connectivity index (χ3n) is 4.05. The smallest absolute Gasteiger partial charge is 0.0440 e. The Hall–Kier alpha value is -0.470. The third-order valence-corrected chi connectivity index (χ3v) is 5.51. The van der Waals surface area contributed by atoms with Crippen LogP contribution in [0.3, 0.4) is 0 Å². The summed E-state index contributed by atoms with van der Waals surface area (Å²) in [5, 5.41) is 4.56. The highest BCUT2D eigenvalue weighted by atomic mass is 32.2. The second-order valence-corrected chi connectivity index (χ2v) is 7.18. The van der Waals surface area contributed by atoms with E-state index in [0.717, 1.165) is 11.8 Å². The zero-order valence-electron chi connectivity index (χ0n) is 13.0. The summed E-state index contributed by atoms with van der Waals surface area (Å²) in [6.07, 6.45) is 7.81. The largest absolute Gasteiger partial charge is 0.309 e. The van der Waals surface area contributed by atoms with E-state index in [1.807, 2.05) is 0 Å². The summed E-state index contributed by atoms with van der Waals surface area (Å²) in [6.45, 7) is 5.64. The molecule has 1 aromatic rings. The van der Waals surface area contributed by atoms with E-state index in [1.54, 1.807) is 0 Å². The molecule has 0 spiro atoms. The second kappa shape index (κ2) is 8.74. The number of benzene rings is 1. The average molecular weight is 292 g/mol. The molecule has 0 saturated carbocycles. The number of thioether (sulfide) groups is 1. The molecule has 1 fully saturated rings. The van der Waals surface area contributed by atoms with Gasteiger partial charge in [-0.2, -0.15) is 11.8 Å². The lowest BCUT2D eigenvalue weighted by atomic mass is 9.96. The molecule has 1 aliphatic heterocycles. The van der Waals surface area contributed by atoms with E-state index in [2.05, 4.69) is 55.2 Å². The third kappa shape index (κ3) is 4.53. The zero-order chi connectivity index (χ0) is 14.2. The zero-order valence-corrected chi connectivity index (χ0v) is 13.8. The Morgan fingerprint density at radius 2 is 2.15 bits per heavy atom. The van der Waals surface area contributed by atoms with Crippen molar-refractivity contribution in [1.29, 1.82) is 0 Å². The summed E-state index contributed by atoms with van der Waals surface area (Å²) in [7, 11) is 0. The van der Waals surface area contributed by atoms with Crippen molar-refractivity contribution in [3.63, 3.8) is 0 Å². The lowest BCUT2D eigenvalue weighted by Gasteiger charge is -2.31. The Bertz CT molecular complexity index is 385. The minimum absolute atomic E-state index is 0.539.